The summed E-state index contributed by atoms with van der Waals surface area (Å²) in [5.41, 5.74) is 2.46. The van der Waals surface area contributed by atoms with E-state index < -0.39 is 0 Å². The normalized spacial score (nSPS) is 51.0. The van der Waals surface area contributed by atoms with Gasteiger partial charge in [-0.15, -0.1) is 0 Å². The van der Waals surface area contributed by atoms with Crippen LogP contribution < -0.4 is 0 Å². The van der Waals surface area contributed by atoms with Crippen LogP contribution in [0.25, 0.3) is 0 Å². The first-order valence-corrected chi connectivity index (χ1v) is 8.97. The number of hydrogen-bond acceptors (Lipinski definition) is 2. The summed E-state index contributed by atoms with van der Waals surface area (Å²) in [6.07, 6.45) is 9.43. The Morgan fingerprint density at radius 3 is 2.73 bits per heavy atom. The zero-order chi connectivity index (χ0) is 15.7. The molecule has 3 fully saturated rings. The molecule has 0 aromatic carbocycles. The van der Waals surface area contributed by atoms with Crippen molar-refractivity contribution in [1.82, 2.24) is 0 Å². The fourth-order valence-corrected chi connectivity index (χ4v) is 6.57. The molecule has 2 heteroatoms. The van der Waals surface area contributed by atoms with Gasteiger partial charge in [0, 0.05) is 0 Å². The topological polar surface area (TPSA) is 37.3 Å². The third-order valence-corrected chi connectivity index (χ3v) is 7.92. The van der Waals surface area contributed by atoms with E-state index in [1.54, 1.807) is 0 Å². The maximum Gasteiger partial charge on any atom is 0.181 e. The summed E-state index contributed by atoms with van der Waals surface area (Å²) in [5, 5.41) is 10.5. The lowest BCUT2D eigenvalue weighted by atomic mass is 9.47. The highest BCUT2D eigenvalue weighted by Crippen LogP contribution is 2.65. The Hall–Kier alpha value is -0.890. The summed E-state index contributed by atoms with van der Waals surface area (Å²) in [4.78, 5) is 12.0. The minimum absolute atomic E-state index is 0.105. The molecule has 4 aliphatic rings. The molecule has 4 aliphatic carbocycles. The monoisotopic (exact) mass is 300 g/mol. The summed E-state index contributed by atoms with van der Waals surface area (Å²) in [5.74, 6) is 2.22. The first-order chi connectivity index (χ1) is 10.4. The van der Waals surface area contributed by atoms with Gasteiger partial charge in [-0.05, 0) is 85.2 Å². The Kier molecular flexibility index (Phi) is 3.05. The van der Waals surface area contributed by atoms with Crippen LogP contribution >= 0.6 is 0 Å². The van der Waals surface area contributed by atoms with Crippen molar-refractivity contribution in [1.29, 1.82) is 0 Å². The molecule has 0 amide bonds. The second kappa shape index (κ2) is 4.56. The Balaban J connectivity index is 1.71. The van der Waals surface area contributed by atoms with Gasteiger partial charge in [-0.25, -0.2) is 0 Å². The van der Waals surface area contributed by atoms with E-state index in [1.807, 2.05) is 6.08 Å². The van der Waals surface area contributed by atoms with Crippen LogP contribution in [0.3, 0.4) is 0 Å². The molecule has 0 radical (unpaired) electrons. The zero-order valence-electron chi connectivity index (χ0n) is 13.9. The molecule has 0 aliphatic heterocycles. The number of carbonyl (C=O) groups is 1. The highest BCUT2D eigenvalue weighted by Gasteiger charge is 2.58. The van der Waals surface area contributed by atoms with E-state index in [-0.39, 0.29) is 22.7 Å². The quantitative estimate of drug-likeness (QED) is 0.685. The molecule has 0 aromatic heterocycles. The number of aliphatic hydroxyl groups is 1. The molecule has 0 heterocycles. The minimum Gasteiger partial charge on any atom is -0.393 e. The van der Waals surface area contributed by atoms with Crippen molar-refractivity contribution in [3.63, 3.8) is 0 Å². The Morgan fingerprint density at radius 2 is 1.95 bits per heavy atom. The molecule has 0 saturated heterocycles. The minimum atomic E-state index is -0.105. The van der Waals surface area contributed by atoms with E-state index >= 15 is 0 Å². The Bertz CT molecular complexity index is 574. The number of allylic oxidation sites excluding steroid dienone is 2. The fraction of sp³-hybridized carbons (Fsp3) is 0.750. The summed E-state index contributed by atoms with van der Waals surface area (Å²) in [6, 6.07) is 0. The smallest absolute Gasteiger partial charge is 0.181 e. The molecule has 0 bridgehead atoms. The lowest BCUT2D eigenvalue weighted by Gasteiger charge is -2.57. The van der Waals surface area contributed by atoms with Crippen LogP contribution in [0.5, 0.6) is 0 Å². The number of hydrogen-bond donors (Lipinski definition) is 1. The van der Waals surface area contributed by atoms with Crippen LogP contribution in [0.2, 0.25) is 0 Å². The van der Waals surface area contributed by atoms with Crippen LogP contribution in [0.1, 0.15) is 58.8 Å². The average molecular weight is 300 g/mol. The highest BCUT2D eigenvalue weighted by molar-refractivity contribution is 6.05. The number of rotatable bonds is 0. The van der Waals surface area contributed by atoms with Crippen molar-refractivity contribution in [3.8, 4) is 0 Å². The predicted octanol–water partition coefficient (Wildman–Crippen LogP) is 4.05. The highest BCUT2D eigenvalue weighted by atomic mass is 16.3. The van der Waals surface area contributed by atoms with Crippen LogP contribution in [0, 0.1) is 28.6 Å². The van der Waals surface area contributed by atoms with Crippen LogP contribution in [-0.2, 0) is 4.79 Å². The van der Waals surface area contributed by atoms with E-state index in [0.29, 0.717) is 11.8 Å². The van der Waals surface area contributed by atoms with Gasteiger partial charge in [0.05, 0.1) is 6.10 Å². The fourth-order valence-electron chi connectivity index (χ4n) is 6.57. The molecule has 22 heavy (non-hydrogen) atoms. The van der Waals surface area contributed by atoms with Crippen LogP contribution in [0.15, 0.2) is 23.8 Å². The molecular weight excluding hydrogens is 272 g/mol. The Labute approximate surface area is 133 Å². The summed E-state index contributed by atoms with van der Waals surface area (Å²) in [6.45, 7) is 8.73. The molecule has 4 rings (SSSR count). The second-order valence-electron chi connectivity index (χ2n) is 8.78. The van der Waals surface area contributed by atoms with Crippen molar-refractivity contribution >= 4 is 5.78 Å². The van der Waals surface area contributed by atoms with Crippen molar-refractivity contribution < 1.29 is 9.90 Å². The third kappa shape index (κ3) is 1.73. The third-order valence-electron chi connectivity index (χ3n) is 7.92. The van der Waals surface area contributed by atoms with E-state index in [0.717, 1.165) is 37.2 Å². The molecular formula is C20H28O2. The van der Waals surface area contributed by atoms with Crippen molar-refractivity contribution in [2.45, 2.75) is 64.9 Å². The maximum absolute atomic E-state index is 12.0. The van der Waals surface area contributed by atoms with Gasteiger partial charge in [0.1, 0.15) is 0 Å². The van der Waals surface area contributed by atoms with Gasteiger partial charge < -0.3 is 5.11 Å². The second-order valence-corrected chi connectivity index (χ2v) is 8.78. The molecule has 1 N–H and O–H groups in total. The van der Waals surface area contributed by atoms with Gasteiger partial charge in [0.15, 0.2) is 5.78 Å². The standard InChI is InChI=1S/C20H28O2/c1-12-11-20(3)13(10-17(12)21)4-5-14-15-6-7-18(22)19(15,2)9-8-16(14)20/h10,14-16,18,22H,1,4-9,11H2,2-3H3/t14-,15-,16-,18-,19-,20-/m0/s1. The number of ketones is 1. The molecule has 0 spiro atoms. The average Bonchev–Trinajstić information content (AvgIpc) is 2.77. The number of aliphatic hydroxyl groups excluding tert-OH is 1. The molecule has 0 aromatic rings. The van der Waals surface area contributed by atoms with Crippen molar-refractivity contribution in [2.24, 2.45) is 28.6 Å². The molecule has 120 valence electrons. The first kappa shape index (κ1) is 14.7. The SMILES string of the molecule is C=C1C[C@@]2(C)C(=CC1=O)CC[C@H]1[C@@H]3CC[C@H](O)[C@@]3(C)CC[C@@H]12. The van der Waals surface area contributed by atoms with Gasteiger partial charge in [-0.2, -0.15) is 0 Å². The zero-order valence-corrected chi connectivity index (χ0v) is 13.9. The molecule has 0 unspecified atom stereocenters. The first-order valence-electron chi connectivity index (χ1n) is 8.97. The van der Waals surface area contributed by atoms with E-state index in [1.165, 1.54) is 24.8 Å². The molecule has 3 saturated carbocycles. The lowest BCUT2D eigenvalue weighted by Crippen LogP contribution is -2.51. The van der Waals surface area contributed by atoms with Gasteiger partial charge in [0.2, 0.25) is 0 Å². The van der Waals surface area contributed by atoms with Gasteiger partial charge in [0.25, 0.3) is 0 Å². The summed E-state index contributed by atoms with van der Waals surface area (Å²) >= 11 is 0. The largest absolute Gasteiger partial charge is 0.393 e. The van der Waals surface area contributed by atoms with Crippen molar-refractivity contribution in [2.75, 3.05) is 0 Å². The van der Waals surface area contributed by atoms with Gasteiger partial charge in [-0.1, -0.05) is 26.0 Å². The van der Waals surface area contributed by atoms with Gasteiger partial charge >= 0.3 is 0 Å². The van der Waals surface area contributed by atoms with Crippen LogP contribution in [0.4, 0.5) is 0 Å². The van der Waals surface area contributed by atoms with E-state index in [4.69, 9.17) is 0 Å². The lowest BCUT2D eigenvalue weighted by molar-refractivity contribution is -0.113. The number of carbonyl (C=O) groups excluding carboxylic acids is 1. The maximum atomic E-state index is 12.0. The predicted molar refractivity (Wildman–Crippen MR) is 87.2 cm³/mol. The number of fused-ring (bicyclic) bond motifs is 5. The molecule has 2 nitrogen and oxygen atoms in total. The van der Waals surface area contributed by atoms with E-state index in [2.05, 4.69) is 20.4 Å². The Morgan fingerprint density at radius 1 is 1.18 bits per heavy atom. The molecule has 6 atom stereocenters. The summed E-state index contributed by atoms with van der Waals surface area (Å²) < 4.78 is 0. The van der Waals surface area contributed by atoms with E-state index in [9.17, 15) is 9.90 Å². The summed E-state index contributed by atoms with van der Waals surface area (Å²) in [7, 11) is 0. The van der Waals surface area contributed by atoms with Gasteiger partial charge in [-0.3, -0.25) is 4.79 Å². The van der Waals surface area contributed by atoms with Crippen LogP contribution in [-0.4, -0.2) is 17.0 Å². The van der Waals surface area contributed by atoms with Crippen molar-refractivity contribution in [3.05, 3.63) is 23.8 Å².